The number of carboxylic acids is 2. The van der Waals surface area contributed by atoms with E-state index in [1.807, 2.05) is 0 Å². The summed E-state index contributed by atoms with van der Waals surface area (Å²) in [5, 5.41) is 19.5. The minimum Gasteiger partial charge on any atom is -0.493 e. The van der Waals surface area contributed by atoms with E-state index in [-0.39, 0.29) is 13.0 Å². The van der Waals surface area contributed by atoms with E-state index < -0.39 is 30.3 Å². The molecule has 21 heavy (non-hydrogen) atoms. The average molecular weight is 360 g/mol. The molecular weight excluding hydrogens is 346 g/mol. The minimum atomic E-state index is -1.44. The van der Waals surface area contributed by atoms with Crippen LogP contribution in [0.5, 0.6) is 5.75 Å². The van der Waals surface area contributed by atoms with Crippen molar-refractivity contribution in [3.63, 3.8) is 0 Å². The Hall–Kier alpha value is -2.09. The smallest absolute Gasteiger partial charge is 0.326 e. The Morgan fingerprint density at radius 1 is 1.19 bits per heavy atom. The summed E-state index contributed by atoms with van der Waals surface area (Å²) in [7, 11) is 0. The molecule has 8 heteroatoms. The highest BCUT2D eigenvalue weighted by Crippen LogP contribution is 2.16. The summed E-state index contributed by atoms with van der Waals surface area (Å²) < 4.78 is 6.20. The van der Waals surface area contributed by atoms with Crippen LogP contribution in [-0.2, 0) is 14.4 Å². The fourth-order valence-electron chi connectivity index (χ4n) is 1.43. The van der Waals surface area contributed by atoms with Gasteiger partial charge in [0.25, 0.3) is 0 Å². The van der Waals surface area contributed by atoms with Gasteiger partial charge in [-0.2, -0.15) is 0 Å². The lowest BCUT2D eigenvalue weighted by molar-refractivity contribution is -0.147. The number of carbonyl (C=O) groups excluding carboxylic acids is 1. The van der Waals surface area contributed by atoms with Gasteiger partial charge in [0.2, 0.25) is 5.91 Å². The second-order valence-electron chi connectivity index (χ2n) is 4.11. The van der Waals surface area contributed by atoms with Crippen LogP contribution in [0.2, 0.25) is 0 Å². The first-order chi connectivity index (χ1) is 9.88. The van der Waals surface area contributed by atoms with Gasteiger partial charge in [-0.05, 0) is 24.3 Å². The largest absolute Gasteiger partial charge is 0.493 e. The van der Waals surface area contributed by atoms with Crippen LogP contribution in [0.25, 0.3) is 0 Å². The number of carboxylic acid groups (broad SMARTS) is 2. The number of carbonyl (C=O) groups is 3. The maximum absolute atomic E-state index is 11.5. The highest BCUT2D eigenvalue weighted by molar-refractivity contribution is 9.10. The van der Waals surface area contributed by atoms with Gasteiger partial charge in [-0.3, -0.25) is 9.59 Å². The van der Waals surface area contributed by atoms with Crippen LogP contribution >= 0.6 is 15.9 Å². The molecule has 0 saturated heterocycles. The molecule has 3 N–H and O–H groups in total. The van der Waals surface area contributed by atoms with Crippen molar-refractivity contribution in [3.05, 3.63) is 28.7 Å². The summed E-state index contributed by atoms with van der Waals surface area (Å²) >= 11 is 3.27. The van der Waals surface area contributed by atoms with Crippen LogP contribution in [0, 0.1) is 0 Å². The third kappa shape index (κ3) is 6.75. The molecule has 1 rings (SSSR count). The quantitative estimate of drug-likeness (QED) is 0.643. The molecule has 0 radical (unpaired) electrons. The van der Waals surface area contributed by atoms with E-state index in [4.69, 9.17) is 14.9 Å². The predicted octanol–water partition coefficient (Wildman–Crippen LogP) is 1.26. The summed E-state index contributed by atoms with van der Waals surface area (Å²) in [5.41, 5.74) is 0. The third-order valence-corrected chi connectivity index (χ3v) is 2.95. The van der Waals surface area contributed by atoms with Crippen LogP contribution in [0.4, 0.5) is 0 Å². The number of hydrogen-bond acceptors (Lipinski definition) is 4. The maximum atomic E-state index is 11.5. The summed E-state index contributed by atoms with van der Waals surface area (Å²) in [4.78, 5) is 32.8. The molecule has 1 aromatic carbocycles. The summed E-state index contributed by atoms with van der Waals surface area (Å²) in [6.07, 6.45) is -0.742. The van der Waals surface area contributed by atoms with Crippen molar-refractivity contribution in [1.29, 1.82) is 0 Å². The molecule has 0 aliphatic heterocycles. The lowest BCUT2D eigenvalue weighted by Gasteiger charge is -2.12. The van der Waals surface area contributed by atoms with Crippen LogP contribution in [0.3, 0.4) is 0 Å². The summed E-state index contributed by atoms with van der Waals surface area (Å²) in [6, 6.07) is 5.55. The van der Waals surface area contributed by atoms with Gasteiger partial charge in [-0.25, -0.2) is 4.79 Å². The molecule has 0 spiro atoms. The fraction of sp³-hybridized carbons (Fsp3) is 0.308. The van der Waals surface area contributed by atoms with E-state index in [0.717, 1.165) is 4.47 Å². The second-order valence-corrected chi connectivity index (χ2v) is 5.02. The van der Waals surface area contributed by atoms with E-state index in [0.29, 0.717) is 5.75 Å². The maximum Gasteiger partial charge on any atom is 0.326 e. The average Bonchev–Trinajstić information content (AvgIpc) is 2.39. The molecule has 0 fully saturated rings. The Labute approximate surface area is 129 Å². The van der Waals surface area contributed by atoms with E-state index in [2.05, 4.69) is 21.2 Å². The molecule has 1 amide bonds. The van der Waals surface area contributed by atoms with E-state index in [1.54, 1.807) is 24.3 Å². The molecule has 0 aliphatic carbocycles. The monoisotopic (exact) mass is 359 g/mol. The van der Waals surface area contributed by atoms with Gasteiger partial charge in [-0.15, -0.1) is 0 Å². The van der Waals surface area contributed by atoms with E-state index >= 15 is 0 Å². The van der Waals surface area contributed by atoms with Crippen molar-refractivity contribution in [3.8, 4) is 5.75 Å². The van der Waals surface area contributed by atoms with Gasteiger partial charge >= 0.3 is 11.9 Å². The molecule has 0 unspecified atom stereocenters. The van der Waals surface area contributed by atoms with Crippen LogP contribution < -0.4 is 10.1 Å². The van der Waals surface area contributed by atoms with Crippen molar-refractivity contribution < 1.29 is 29.3 Å². The van der Waals surface area contributed by atoms with Gasteiger partial charge in [-0.1, -0.05) is 15.9 Å². The fourth-order valence-corrected chi connectivity index (χ4v) is 1.70. The Morgan fingerprint density at radius 2 is 1.81 bits per heavy atom. The Bertz CT molecular complexity index is 516. The number of ether oxygens (including phenoxy) is 1. The zero-order chi connectivity index (χ0) is 15.8. The number of rotatable bonds is 8. The minimum absolute atomic E-state index is 0.0624. The molecule has 0 heterocycles. The molecule has 0 bridgehead atoms. The normalized spacial score (nSPS) is 11.5. The Kier molecular flexibility index (Phi) is 6.67. The van der Waals surface area contributed by atoms with Gasteiger partial charge < -0.3 is 20.3 Å². The number of nitrogens with one attached hydrogen (secondary N) is 1. The first-order valence-corrected chi connectivity index (χ1v) is 6.80. The molecule has 0 saturated carbocycles. The molecule has 7 nitrogen and oxygen atoms in total. The first-order valence-electron chi connectivity index (χ1n) is 6.01. The number of aliphatic carboxylic acids is 2. The molecule has 1 aromatic rings. The van der Waals surface area contributed by atoms with Crippen molar-refractivity contribution >= 4 is 33.8 Å². The highest BCUT2D eigenvalue weighted by Gasteiger charge is 2.22. The third-order valence-electron chi connectivity index (χ3n) is 2.42. The zero-order valence-corrected chi connectivity index (χ0v) is 12.5. The van der Waals surface area contributed by atoms with E-state index in [9.17, 15) is 14.4 Å². The molecule has 114 valence electrons. The van der Waals surface area contributed by atoms with Crippen molar-refractivity contribution in [2.24, 2.45) is 0 Å². The summed E-state index contributed by atoms with van der Waals surface area (Å²) in [5.74, 6) is -2.69. The Balaban J connectivity index is 2.37. The second kappa shape index (κ2) is 8.25. The van der Waals surface area contributed by atoms with Crippen LogP contribution in [0.1, 0.15) is 12.8 Å². The number of amides is 1. The zero-order valence-electron chi connectivity index (χ0n) is 10.9. The van der Waals surface area contributed by atoms with Gasteiger partial charge in [0.1, 0.15) is 11.8 Å². The predicted molar refractivity (Wildman–Crippen MR) is 76.1 cm³/mol. The first kappa shape index (κ1) is 17.0. The van der Waals surface area contributed by atoms with Crippen LogP contribution in [-0.4, -0.2) is 40.7 Å². The van der Waals surface area contributed by atoms with Crippen molar-refractivity contribution in [2.45, 2.75) is 18.9 Å². The SMILES string of the molecule is O=C(O)C[C@@H](NC(=O)CCOc1ccc(Br)cc1)C(=O)O. The molecule has 0 aliphatic rings. The standard InChI is InChI=1S/C13H14BrNO6/c14-8-1-3-9(4-2-8)21-6-5-11(16)15-10(13(19)20)7-12(17)18/h1-4,10H,5-7H2,(H,15,16)(H,17,18)(H,19,20)/t10-/m1/s1. The molecule has 1 atom stereocenters. The Morgan fingerprint density at radius 3 is 2.33 bits per heavy atom. The van der Waals surface area contributed by atoms with Crippen LogP contribution in [0.15, 0.2) is 28.7 Å². The number of halogens is 1. The van der Waals surface area contributed by atoms with Gasteiger partial charge in [0.15, 0.2) is 0 Å². The van der Waals surface area contributed by atoms with Gasteiger partial charge in [0.05, 0.1) is 19.4 Å². The molecule has 0 aromatic heterocycles. The van der Waals surface area contributed by atoms with Crippen molar-refractivity contribution in [2.75, 3.05) is 6.61 Å². The van der Waals surface area contributed by atoms with Crippen molar-refractivity contribution in [1.82, 2.24) is 5.32 Å². The summed E-state index contributed by atoms with van der Waals surface area (Å²) in [6.45, 7) is 0.0624. The van der Waals surface area contributed by atoms with E-state index in [1.165, 1.54) is 0 Å². The van der Waals surface area contributed by atoms with Gasteiger partial charge in [0, 0.05) is 4.47 Å². The number of benzene rings is 1. The molecular formula is C13H14BrNO6. The number of hydrogen-bond donors (Lipinski definition) is 3. The highest BCUT2D eigenvalue weighted by atomic mass is 79.9. The topological polar surface area (TPSA) is 113 Å². The lowest BCUT2D eigenvalue weighted by atomic mass is 10.2. The lowest BCUT2D eigenvalue weighted by Crippen LogP contribution is -2.42.